The molecule has 2 aliphatic heterocycles. The van der Waals surface area contributed by atoms with Gasteiger partial charge in [-0.1, -0.05) is 12.1 Å². The van der Waals surface area contributed by atoms with Crippen LogP contribution in [0.3, 0.4) is 0 Å². The number of aromatic nitrogens is 2. The second kappa shape index (κ2) is 9.16. The summed E-state index contributed by atoms with van der Waals surface area (Å²) in [5.74, 6) is 0.739. The Bertz CT molecular complexity index is 1450. The fraction of sp³-hybridized carbons (Fsp3) is 0.292. The van der Waals surface area contributed by atoms with Gasteiger partial charge < -0.3 is 19.3 Å². The molecule has 0 radical (unpaired) electrons. The van der Waals surface area contributed by atoms with Crippen molar-refractivity contribution in [3.8, 4) is 28.8 Å². The molecule has 0 bridgehead atoms. The van der Waals surface area contributed by atoms with Gasteiger partial charge in [0.25, 0.3) is 5.56 Å². The fourth-order valence-corrected chi connectivity index (χ4v) is 4.79. The molecule has 35 heavy (non-hydrogen) atoms. The summed E-state index contributed by atoms with van der Waals surface area (Å²) in [4.78, 5) is 21.7. The van der Waals surface area contributed by atoms with Crippen LogP contribution in [0.5, 0.6) is 23.1 Å². The number of ether oxygens (including phenoxy) is 3. The number of fused-ring (bicyclic) bond motifs is 2. The molecule has 3 aromatic rings. The van der Waals surface area contributed by atoms with E-state index in [1.54, 1.807) is 13.2 Å². The molecular weight excluding hydrogens is 475 g/mol. The Morgan fingerprint density at radius 1 is 1.37 bits per heavy atom. The summed E-state index contributed by atoms with van der Waals surface area (Å²) < 4.78 is 32.2. The first-order valence-corrected chi connectivity index (χ1v) is 11.3. The molecule has 0 unspecified atom stereocenters. The molecule has 11 heteroatoms. The van der Waals surface area contributed by atoms with Crippen LogP contribution in [0.1, 0.15) is 22.7 Å². The zero-order valence-corrected chi connectivity index (χ0v) is 19.9. The minimum absolute atomic E-state index is 0.0163. The number of benzene rings is 2. The average molecular weight is 499 g/mol. The molecule has 2 aliphatic rings. The number of para-hydroxylation sites is 1. The van der Waals surface area contributed by atoms with Crippen molar-refractivity contribution in [2.75, 3.05) is 34.0 Å². The Labute approximate surface area is 205 Å². The number of aromatic amines is 1. The van der Waals surface area contributed by atoms with Crippen molar-refractivity contribution in [3.63, 3.8) is 0 Å². The summed E-state index contributed by atoms with van der Waals surface area (Å²) in [7, 11) is 3.57. The van der Waals surface area contributed by atoms with Gasteiger partial charge >= 0.3 is 0 Å². The molecular formula is C24H23FN4O5S. The maximum absolute atomic E-state index is 14.4. The number of likely N-dealkylation sites (N-methyl/N-ethyl adjacent to an activating group) is 1. The molecule has 2 N–H and O–H groups in total. The van der Waals surface area contributed by atoms with E-state index in [-0.39, 0.29) is 35.4 Å². The molecule has 0 spiro atoms. The number of nitrogens with one attached hydrogen (secondary N) is 1. The van der Waals surface area contributed by atoms with Gasteiger partial charge in [0.1, 0.15) is 11.4 Å². The molecule has 1 atom stereocenters. The molecule has 0 aliphatic carbocycles. The van der Waals surface area contributed by atoms with Crippen LogP contribution in [0.4, 0.5) is 4.39 Å². The minimum Gasteiger partial charge on any atom is -0.494 e. The van der Waals surface area contributed by atoms with E-state index in [2.05, 4.69) is 14.9 Å². The summed E-state index contributed by atoms with van der Waals surface area (Å²) in [6.45, 7) is 1.20. The number of methoxy groups -OCH3 is 1. The molecule has 3 heterocycles. The number of aliphatic imine (C=N–C) groups is 1. The third-order valence-corrected chi connectivity index (χ3v) is 6.54. The number of rotatable bonds is 5. The van der Waals surface area contributed by atoms with E-state index < -0.39 is 17.3 Å². The highest BCUT2D eigenvalue weighted by atomic mass is 32.1. The monoisotopic (exact) mass is 498 g/mol. The van der Waals surface area contributed by atoms with Crippen molar-refractivity contribution in [2.24, 2.45) is 4.99 Å². The molecule has 2 aromatic carbocycles. The van der Waals surface area contributed by atoms with Crippen molar-refractivity contribution in [1.29, 1.82) is 0 Å². The molecule has 0 fully saturated rings. The summed E-state index contributed by atoms with van der Waals surface area (Å²) in [5, 5.41) is 10.8. The number of aromatic hydroxyl groups is 1. The molecule has 5 rings (SSSR count). The number of hydrogen-bond acceptors (Lipinski definition) is 8. The van der Waals surface area contributed by atoms with Crippen LogP contribution in [0.15, 0.2) is 40.1 Å². The Hall–Kier alpha value is -3.70. The topological polar surface area (TPSA) is 101 Å². The van der Waals surface area contributed by atoms with E-state index in [0.29, 0.717) is 17.2 Å². The Morgan fingerprint density at radius 2 is 2.17 bits per heavy atom. The second-order valence-electron chi connectivity index (χ2n) is 8.24. The molecule has 1 aromatic heterocycles. The van der Waals surface area contributed by atoms with E-state index in [9.17, 15) is 14.3 Å². The van der Waals surface area contributed by atoms with Crippen molar-refractivity contribution in [3.05, 3.63) is 68.0 Å². The van der Waals surface area contributed by atoms with Crippen molar-refractivity contribution in [1.82, 2.24) is 14.5 Å². The van der Waals surface area contributed by atoms with E-state index in [0.717, 1.165) is 28.7 Å². The lowest BCUT2D eigenvalue weighted by molar-refractivity contribution is 0.170. The normalized spacial score (nSPS) is 17.1. The van der Waals surface area contributed by atoms with Gasteiger partial charge in [-0.2, -0.15) is 0 Å². The van der Waals surface area contributed by atoms with Crippen LogP contribution in [-0.2, 0) is 6.42 Å². The third kappa shape index (κ3) is 3.96. The lowest BCUT2D eigenvalue weighted by Crippen LogP contribution is -2.34. The summed E-state index contributed by atoms with van der Waals surface area (Å²) >= 11 is 5.16. The summed E-state index contributed by atoms with van der Waals surface area (Å²) in [6, 6.07) is 7.62. The smallest absolute Gasteiger partial charge is 0.264 e. The predicted molar refractivity (Wildman–Crippen MR) is 129 cm³/mol. The first-order valence-electron chi connectivity index (χ1n) is 10.9. The van der Waals surface area contributed by atoms with Crippen molar-refractivity contribution < 1.29 is 23.7 Å². The van der Waals surface area contributed by atoms with Crippen LogP contribution in [0.2, 0.25) is 0 Å². The zero-order valence-electron chi connectivity index (χ0n) is 19.1. The Kier molecular flexibility index (Phi) is 6.03. The zero-order chi connectivity index (χ0) is 24.7. The molecule has 0 amide bonds. The van der Waals surface area contributed by atoms with Crippen molar-refractivity contribution >= 4 is 18.4 Å². The SMILES string of the molecule is COc1c2c(cc3c1[C@H](CN=Cc1c(O)n(-c4ccccc4F)c(=S)[nH]c1=O)N(C)CC3)OCO2. The van der Waals surface area contributed by atoms with Gasteiger partial charge in [0.05, 0.1) is 25.4 Å². The van der Waals surface area contributed by atoms with E-state index in [4.69, 9.17) is 26.4 Å². The van der Waals surface area contributed by atoms with Gasteiger partial charge in [0.15, 0.2) is 16.3 Å². The van der Waals surface area contributed by atoms with Crippen LogP contribution in [-0.4, -0.2) is 59.8 Å². The van der Waals surface area contributed by atoms with Crippen molar-refractivity contribution in [2.45, 2.75) is 12.5 Å². The predicted octanol–water partition coefficient (Wildman–Crippen LogP) is 3.13. The summed E-state index contributed by atoms with van der Waals surface area (Å²) in [6.07, 6.45) is 2.09. The molecule has 9 nitrogen and oxygen atoms in total. The highest BCUT2D eigenvalue weighted by Crippen LogP contribution is 2.49. The number of halogens is 1. The van der Waals surface area contributed by atoms with Crippen LogP contribution in [0, 0.1) is 10.6 Å². The van der Waals surface area contributed by atoms with E-state index >= 15 is 0 Å². The Morgan fingerprint density at radius 3 is 2.94 bits per heavy atom. The van der Waals surface area contributed by atoms with Crippen LogP contribution in [0.25, 0.3) is 5.69 Å². The third-order valence-electron chi connectivity index (χ3n) is 6.26. The maximum Gasteiger partial charge on any atom is 0.264 e. The average Bonchev–Trinajstić information content (AvgIpc) is 3.30. The first-order chi connectivity index (χ1) is 16.9. The van der Waals surface area contributed by atoms with Gasteiger partial charge in [0.2, 0.25) is 18.4 Å². The standard InChI is InChI=1S/C24H23FN4O5S/c1-28-8-7-13-9-18-20(34-12-33-18)21(32-2)19(13)17(28)11-26-10-14-22(30)27-24(35)29(23(14)31)16-6-4-3-5-15(16)25/h3-6,9-10,17,31H,7-8,11-12H2,1-2H3,(H,27,30,35)/t17-/m0/s1. The largest absolute Gasteiger partial charge is 0.494 e. The van der Waals surface area contributed by atoms with Gasteiger partial charge in [-0.3, -0.25) is 24.2 Å². The van der Waals surface area contributed by atoms with Crippen LogP contribution < -0.4 is 19.8 Å². The number of nitrogens with zero attached hydrogens (tertiary/aromatic N) is 3. The summed E-state index contributed by atoms with van der Waals surface area (Å²) in [5.41, 5.74) is 1.30. The quantitative estimate of drug-likeness (QED) is 0.412. The highest BCUT2D eigenvalue weighted by molar-refractivity contribution is 7.71. The van der Waals surface area contributed by atoms with E-state index in [1.807, 2.05) is 13.1 Å². The Balaban J connectivity index is 1.52. The van der Waals surface area contributed by atoms with Gasteiger partial charge in [-0.25, -0.2) is 4.39 Å². The first kappa shape index (κ1) is 23.1. The van der Waals surface area contributed by atoms with Gasteiger partial charge in [0, 0.05) is 18.3 Å². The lowest BCUT2D eigenvalue weighted by atomic mass is 9.91. The molecule has 0 saturated heterocycles. The van der Waals surface area contributed by atoms with Gasteiger partial charge in [-0.15, -0.1) is 0 Å². The van der Waals surface area contributed by atoms with Gasteiger partial charge in [-0.05, 0) is 49.4 Å². The molecule has 182 valence electrons. The second-order valence-corrected chi connectivity index (χ2v) is 8.63. The molecule has 0 saturated carbocycles. The maximum atomic E-state index is 14.4. The highest BCUT2D eigenvalue weighted by Gasteiger charge is 2.33. The fourth-order valence-electron chi connectivity index (χ4n) is 4.51. The van der Waals surface area contributed by atoms with Crippen LogP contribution >= 0.6 is 12.2 Å². The lowest BCUT2D eigenvalue weighted by Gasteiger charge is -2.35. The number of hydrogen-bond donors (Lipinski definition) is 2. The minimum atomic E-state index is -0.623. The number of H-pyrrole nitrogens is 1. The van der Waals surface area contributed by atoms with E-state index in [1.165, 1.54) is 24.4 Å².